The molecule has 0 aliphatic rings. The number of hydrogen-bond acceptors (Lipinski definition) is 4. The van der Waals surface area contributed by atoms with Gasteiger partial charge in [0.25, 0.3) is 0 Å². The van der Waals surface area contributed by atoms with Crippen LogP contribution in [-0.4, -0.2) is 22.4 Å². The summed E-state index contributed by atoms with van der Waals surface area (Å²) in [5.41, 5.74) is 2.26. The van der Waals surface area contributed by atoms with E-state index < -0.39 is 18.7 Å². The summed E-state index contributed by atoms with van der Waals surface area (Å²) in [6, 6.07) is 5.67. The van der Waals surface area contributed by atoms with Crippen LogP contribution in [0.2, 0.25) is 0 Å². The first-order chi connectivity index (χ1) is 13.7. The summed E-state index contributed by atoms with van der Waals surface area (Å²) in [5, 5.41) is 12.3. The Hall–Kier alpha value is -1.74. The number of amides is 1. The molecule has 1 amide bonds. The van der Waals surface area contributed by atoms with Crippen LogP contribution in [0.15, 0.2) is 28.6 Å². The van der Waals surface area contributed by atoms with E-state index in [1.165, 1.54) is 11.3 Å². The number of unbranched alkanes of at least 4 members (excludes halogenated alkanes) is 6. The number of aryl methyl sites for hydroxylation is 1. The predicted octanol–water partition coefficient (Wildman–Crippen LogP) is 7.41. The van der Waals surface area contributed by atoms with Crippen LogP contribution < -0.4 is 5.32 Å². The minimum Gasteiger partial charge on any atom is -0.465 e. The molecule has 0 aliphatic carbocycles. The zero-order chi connectivity index (χ0) is 21.3. The standard InChI is InChI=1S/C20H25F3N2O2S2/c21-20(22,23)11-7-5-3-1-2-4-6-8-14-9-10-15(16(12-14)25-19(26)27)18-24-13-17(28)29-18/h9-10,12-13,25,28H,1-8,11H2,(H,26,27). The number of rotatable bonds is 11. The summed E-state index contributed by atoms with van der Waals surface area (Å²) in [4.78, 5) is 15.4. The van der Waals surface area contributed by atoms with Gasteiger partial charge in [-0.1, -0.05) is 38.2 Å². The van der Waals surface area contributed by atoms with Gasteiger partial charge in [-0.15, -0.1) is 24.0 Å². The highest BCUT2D eigenvalue weighted by molar-refractivity contribution is 7.83. The molecule has 2 rings (SSSR count). The third-order valence-corrected chi connectivity index (χ3v) is 5.70. The zero-order valence-electron chi connectivity index (χ0n) is 16.0. The Morgan fingerprint density at radius 3 is 2.34 bits per heavy atom. The molecule has 2 N–H and O–H groups in total. The van der Waals surface area contributed by atoms with E-state index in [2.05, 4.69) is 22.9 Å². The lowest BCUT2D eigenvalue weighted by molar-refractivity contribution is -0.135. The zero-order valence-corrected chi connectivity index (χ0v) is 17.7. The van der Waals surface area contributed by atoms with Gasteiger partial charge in [0, 0.05) is 12.0 Å². The molecular weight excluding hydrogens is 421 g/mol. The van der Waals surface area contributed by atoms with Crippen molar-refractivity contribution in [3.63, 3.8) is 0 Å². The van der Waals surface area contributed by atoms with Gasteiger partial charge in [0.05, 0.1) is 16.1 Å². The number of nitrogens with one attached hydrogen (secondary N) is 1. The molecule has 0 fully saturated rings. The molecule has 0 radical (unpaired) electrons. The van der Waals surface area contributed by atoms with E-state index in [9.17, 15) is 18.0 Å². The Morgan fingerprint density at radius 2 is 1.76 bits per heavy atom. The van der Waals surface area contributed by atoms with Crippen molar-refractivity contribution in [1.29, 1.82) is 0 Å². The summed E-state index contributed by atoms with van der Waals surface area (Å²) < 4.78 is 37.0. The highest BCUT2D eigenvalue weighted by Gasteiger charge is 2.25. The van der Waals surface area contributed by atoms with E-state index in [4.69, 9.17) is 5.11 Å². The molecular formula is C20H25F3N2O2S2. The lowest BCUT2D eigenvalue weighted by atomic mass is 10.0. The minimum absolute atomic E-state index is 0.211. The maximum atomic E-state index is 12.1. The molecule has 160 valence electrons. The molecule has 1 heterocycles. The number of nitrogens with zero attached hydrogens (tertiary/aromatic N) is 1. The molecule has 0 aliphatic heterocycles. The van der Waals surface area contributed by atoms with Gasteiger partial charge in [0.2, 0.25) is 0 Å². The number of halogens is 3. The number of thiazole rings is 1. The number of hydrogen-bond donors (Lipinski definition) is 3. The molecule has 2 aromatic rings. The quantitative estimate of drug-likeness (QED) is 0.249. The van der Waals surface area contributed by atoms with Gasteiger partial charge in [-0.25, -0.2) is 9.78 Å². The summed E-state index contributed by atoms with van der Waals surface area (Å²) in [7, 11) is 0. The molecule has 9 heteroatoms. The average molecular weight is 447 g/mol. The fourth-order valence-electron chi connectivity index (χ4n) is 3.08. The maximum absolute atomic E-state index is 12.1. The number of benzene rings is 1. The SMILES string of the molecule is O=C(O)Nc1cc(CCCCCCCCCC(F)(F)F)ccc1-c1ncc(S)s1. The molecule has 1 aromatic carbocycles. The van der Waals surface area contributed by atoms with Crippen LogP contribution in [0.5, 0.6) is 0 Å². The molecule has 0 unspecified atom stereocenters. The van der Waals surface area contributed by atoms with Crippen LogP contribution in [0.1, 0.15) is 56.9 Å². The van der Waals surface area contributed by atoms with Crippen molar-refractivity contribution in [3.05, 3.63) is 30.0 Å². The number of carboxylic acid groups (broad SMARTS) is 1. The average Bonchev–Trinajstić information content (AvgIpc) is 3.05. The number of aromatic nitrogens is 1. The van der Waals surface area contributed by atoms with E-state index in [0.29, 0.717) is 17.1 Å². The predicted molar refractivity (Wildman–Crippen MR) is 113 cm³/mol. The number of thiol groups is 1. The second-order valence-corrected chi connectivity index (χ2v) is 8.72. The fraction of sp³-hybridized carbons (Fsp3) is 0.500. The first kappa shape index (κ1) is 23.5. The molecule has 0 atom stereocenters. The Balaban J connectivity index is 1.77. The molecule has 0 saturated carbocycles. The number of anilines is 1. The van der Waals surface area contributed by atoms with Crippen LogP contribution in [0, 0.1) is 0 Å². The van der Waals surface area contributed by atoms with Crippen molar-refractivity contribution < 1.29 is 23.1 Å². The highest BCUT2D eigenvalue weighted by atomic mass is 32.2. The first-order valence-electron chi connectivity index (χ1n) is 9.59. The maximum Gasteiger partial charge on any atom is 0.409 e. The first-order valence-corrected chi connectivity index (χ1v) is 10.9. The van der Waals surface area contributed by atoms with Crippen molar-refractivity contribution in [2.45, 2.75) is 68.2 Å². The van der Waals surface area contributed by atoms with E-state index in [1.54, 1.807) is 6.20 Å². The van der Waals surface area contributed by atoms with Crippen molar-refractivity contribution in [3.8, 4) is 10.6 Å². The Kier molecular flexibility index (Phi) is 9.29. The van der Waals surface area contributed by atoms with Gasteiger partial charge in [0.15, 0.2) is 0 Å². The molecule has 0 bridgehead atoms. The monoisotopic (exact) mass is 446 g/mol. The van der Waals surface area contributed by atoms with Crippen LogP contribution in [0.4, 0.5) is 23.7 Å². The summed E-state index contributed by atoms with van der Waals surface area (Å²) >= 11 is 5.63. The topological polar surface area (TPSA) is 62.2 Å². The van der Waals surface area contributed by atoms with Crippen LogP contribution in [0.25, 0.3) is 10.6 Å². The molecule has 0 saturated heterocycles. The van der Waals surface area contributed by atoms with Gasteiger partial charge in [-0.05, 0) is 37.0 Å². The summed E-state index contributed by atoms with van der Waals surface area (Å²) in [6.07, 6.45) is 2.14. The highest BCUT2D eigenvalue weighted by Crippen LogP contribution is 2.33. The largest absolute Gasteiger partial charge is 0.465 e. The van der Waals surface area contributed by atoms with Crippen LogP contribution >= 0.6 is 24.0 Å². The van der Waals surface area contributed by atoms with Gasteiger partial charge in [0.1, 0.15) is 5.01 Å². The van der Waals surface area contributed by atoms with Gasteiger partial charge in [-0.3, -0.25) is 5.32 Å². The smallest absolute Gasteiger partial charge is 0.409 e. The second-order valence-electron chi connectivity index (χ2n) is 6.90. The third kappa shape index (κ3) is 9.08. The van der Waals surface area contributed by atoms with Crippen molar-refractivity contribution in [2.75, 3.05) is 5.32 Å². The summed E-state index contributed by atoms with van der Waals surface area (Å²) in [6.45, 7) is 0. The van der Waals surface area contributed by atoms with Crippen LogP contribution in [0.3, 0.4) is 0 Å². The summed E-state index contributed by atoms with van der Waals surface area (Å²) in [5.74, 6) is 0. The van der Waals surface area contributed by atoms with E-state index in [-0.39, 0.29) is 6.42 Å². The van der Waals surface area contributed by atoms with E-state index in [0.717, 1.165) is 53.9 Å². The fourth-order valence-corrected chi connectivity index (χ4v) is 4.09. The van der Waals surface area contributed by atoms with Gasteiger partial charge < -0.3 is 5.11 Å². The van der Waals surface area contributed by atoms with Gasteiger partial charge in [-0.2, -0.15) is 13.2 Å². The van der Waals surface area contributed by atoms with Gasteiger partial charge >= 0.3 is 12.3 Å². The molecule has 1 aromatic heterocycles. The Bertz CT molecular complexity index is 794. The third-order valence-electron chi connectivity index (χ3n) is 4.48. The van der Waals surface area contributed by atoms with E-state index >= 15 is 0 Å². The Morgan fingerprint density at radius 1 is 1.10 bits per heavy atom. The lowest BCUT2D eigenvalue weighted by Crippen LogP contribution is -2.08. The minimum atomic E-state index is -4.04. The van der Waals surface area contributed by atoms with E-state index in [1.807, 2.05) is 18.2 Å². The number of alkyl halides is 3. The lowest BCUT2D eigenvalue weighted by Gasteiger charge is -2.10. The van der Waals surface area contributed by atoms with Crippen LogP contribution in [-0.2, 0) is 6.42 Å². The molecule has 29 heavy (non-hydrogen) atoms. The van der Waals surface area contributed by atoms with Crippen molar-refractivity contribution >= 4 is 35.7 Å². The normalized spacial score (nSPS) is 11.6. The Labute approximate surface area is 178 Å². The van der Waals surface area contributed by atoms with Crippen molar-refractivity contribution in [2.24, 2.45) is 0 Å². The number of carbonyl (C=O) groups is 1. The second kappa shape index (κ2) is 11.4. The van der Waals surface area contributed by atoms with Crippen molar-refractivity contribution in [1.82, 2.24) is 4.98 Å². The molecule has 0 spiro atoms. The molecule has 4 nitrogen and oxygen atoms in total.